The van der Waals surface area contributed by atoms with Crippen LogP contribution in [0.25, 0.3) is 0 Å². The van der Waals surface area contributed by atoms with E-state index in [9.17, 15) is 4.79 Å². The van der Waals surface area contributed by atoms with Crippen molar-refractivity contribution >= 4 is 5.91 Å². The Morgan fingerprint density at radius 1 is 1.04 bits per heavy atom. The first-order chi connectivity index (χ1) is 11.3. The van der Waals surface area contributed by atoms with Crippen molar-refractivity contribution in [3.05, 3.63) is 54.5 Å². The topological polar surface area (TPSA) is 45.9 Å². The number of carbonyl (C=O) groups excluding carboxylic acids is 1. The second-order valence-corrected chi connectivity index (χ2v) is 5.69. The normalized spacial score (nSPS) is 16.1. The van der Waals surface area contributed by atoms with Gasteiger partial charge < -0.3 is 14.1 Å². The fourth-order valence-corrected chi connectivity index (χ4v) is 2.75. The number of amides is 1. The fourth-order valence-electron chi connectivity index (χ4n) is 2.75. The first-order valence-corrected chi connectivity index (χ1v) is 8.01. The second-order valence-electron chi connectivity index (χ2n) is 5.69. The van der Waals surface area contributed by atoms with E-state index in [0.717, 1.165) is 50.7 Å². The molecule has 0 aliphatic carbocycles. The van der Waals surface area contributed by atoms with Gasteiger partial charge in [-0.25, -0.2) is 0 Å². The van der Waals surface area contributed by atoms with Gasteiger partial charge in [-0.2, -0.15) is 0 Å². The van der Waals surface area contributed by atoms with Crippen LogP contribution in [0.15, 0.2) is 53.1 Å². The molecule has 1 aromatic carbocycles. The van der Waals surface area contributed by atoms with Crippen LogP contribution in [0.2, 0.25) is 0 Å². The number of para-hydroxylation sites is 1. The largest absolute Gasteiger partial charge is 0.484 e. The maximum Gasteiger partial charge on any atom is 0.260 e. The first kappa shape index (κ1) is 15.6. The van der Waals surface area contributed by atoms with E-state index in [1.165, 1.54) is 0 Å². The number of furan rings is 1. The Bertz CT molecular complexity index is 598. The maximum absolute atomic E-state index is 12.3. The molecule has 122 valence electrons. The van der Waals surface area contributed by atoms with E-state index in [4.69, 9.17) is 9.15 Å². The molecular weight excluding hydrogens is 292 g/mol. The first-order valence-electron chi connectivity index (χ1n) is 8.01. The van der Waals surface area contributed by atoms with Gasteiger partial charge in [0.15, 0.2) is 6.61 Å². The van der Waals surface area contributed by atoms with E-state index >= 15 is 0 Å². The second kappa shape index (κ2) is 7.83. The van der Waals surface area contributed by atoms with Crippen molar-refractivity contribution in [1.82, 2.24) is 9.80 Å². The van der Waals surface area contributed by atoms with Crippen LogP contribution in [0.1, 0.15) is 12.2 Å². The molecular formula is C18H22N2O3. The highest BCUT2D eigenvalue weighted by atomic mass is 16.5. The summed E-state index contributed by atoms with van der Waals surface area (Å²) in [7, 11) is 0. The third kappa shape index (κ3) is 4.60. The van der Waals surface area contributed by atoms with Crippen LogP contribution < -0.4 is 4.74 Å². The van der Waals surface area contributed by atoms with Gasteiger partial charge in [0, 0.05) is 26.2 Å². The van der Waals surface area contributed by atoms with E-state index in [1.807, 2.05) is 47.4 Å². The van der Waals surface area contributed by atoms with Gasteiger partial charge in [-0.1, -0.05) is 18.2 Å². The van der Waals surface area contributed by atoms with Crippen molar-refractivity contribution in [1.29, 1.82) is 0 Å². The highest BCUT2D eigenvalue weighted by Gasteiger charge is 2.20. The molecule has 0 bridgehead atoms. The van der Waals surface area contributed by atoms with E-state index < -0.39 is 0 Å². The smallest absolute Gasteiger partial charge is 0.260 e. The van der Waals surface area contributed by atoms with Gasteiger partial charge in [-0.05, 0) is 30.7 Å². The molecule has 1 fully saturated rings. The van der Waals surface area contributed by atoms with E-state index in [2.05, 4.69) is 4.90 Å². The highest BCUT2D eigenvalue weighted by molar-refractivity contribution is 5.77. The Morgan fingerprint density at radius 2 is 1.91 bits per heavy atom. The Hall–Kier alpha value is -2.27. The van der Waals surface area contributed by atoms with E-state index in [0.29, 0.717) is 0 Å². The Kier molecular flexibility index (Phi) is 5.32. The van der Waals surface area contributed by atoms with Gasteiger partial charge in [0.05, 0.1) is 12.8 Å². The summed E-state index contributed by atoms with van der Waals surface area (Å²) in [4.78, 5) is 16.5. The zero-order valence-corrected chi connectivity index (χ0v) is 13.2. The van der Waals surface area contributed by atoms with Crippen LogP contribution >= 0.6 is 0 Å². The number of hydrogen-bond donors (Lipinski definition) is 0. The van der Waals surface area contributed by atoms with Gasteiger partial charge in [0.2, 0.25) is 0 Å². The molecule has 5 nitrogen and oxygen atoms in total. The van der Waals surface area contributed by atoms with Crippen LogP contribution in [0.4, 0.5) is 0 Å². The predicted octanol–water partition coefficient (Wildman–Crippen LogP) is 2.39. The molecule has 5 heteroatoms. The number of rotatable bonds is 5. The summed E-state index contributed by atoms with van der Waals surface area (Å²) in [5.74, 6) is 1.75. The molecule has 2 aromatic rings. The molecule has 0 unspecified atom stereocenters. The molecule has 1 aliphatic heterocycles. The lowest BCUT2D eigenvalue weighted by Gasteiger charge is -2.21. The number of hydrogen-bond acceptors (Lipinski definition) is 4. The maximum atomic E-state index is 12.3. The fraction of sp³-hybridized carbons (Fsp3) is 0.389. The molecule has 0 spiro atoms. The van der Waals surface area contributed by atoms with Crippen molar-refractivity contribution in [2.24, 2.45) is 0 Å². The van der Waals surface area contributed by atoms with Gasteiger partial charge in [-0.15, -0.1) is 0 Å². The summed E-state index contributed by atoms with van der Waals surface area (Å²) in [5.41, 5.74) is 0. The molecule has 0 atom stereocenters. The number of carbonyl (C=O) groups is 1. The van der Waals surface area contributed by atoms with Crippen LogP contribution in [0.3, 0.4) is 0 Å². The third-order valence-corrected chi connectivity index (χ3v) is 4.01. The third-order valence-electron chi connectivity index (χ3n) is 4.01. The lowest BCUT2D eigenvalue weighted by atomic mass is 10.3. The Labute approximate surface area is 136 Å². The molecule has 0 saturated carbocycles. The summed E-state index contributed by atoms with van der Waals surface area (Å²) in [6.07, 6.45) is 2.67. The predicted molar refractivity (Wildman–Crippen MR) is 87.1 cm³/mol. The minimum absolute atomic E-state index is 0.0497. The molecule has 1 aliphatic rings. The van der Waals surface area contributed by atoms with E-state index in [1.54, 1.807) is 6.26 Å². The van der Waals surface area contributed by atoms with Gasteiger partial charge in [0.25, 0.3) is 5.91 Å². The highest BCUT2D eigenvalue weighted by Crippen LogP contribution is 2.11. The molecule has 0 radical (unpaired) electrons. The SMILES string of the molecule is O=C(COc1ccccc1)N1CCCN(Cc2ccco2)CC1. The summed E-state index contributed by atoms with van der Waals surface area (Å²) < 4.78 is 11.0. The van der Waals surface area contributed by atoms with Crippen LogP contribution in [-0.4, -0.2) is 48.5 Å². The molecule has 3 rings (SSSR count). The summed E-state index contributed by atoms with van der Waals surface area (Å²) in [6.45, 7) is 4.25. The zero-order chi connectivity index (χ0) is 15.9. The van der Waals surface area contributed by atoms with Gasteiger partial charge in [-0.3, -0.25) is 9.69 Å². The average Bonchev–Trinajstić information content (AvgIpc) is 2.98. The molecule has 2 heterocycles. The molecule has 23 heavy (non-hydrogen) atoms. The van der Waals surface area contributed by atoms with Crippen molar-refractivity contribution in [3.63, 3.8) is 0 Å². The molecule has 1 aromatic heterocycles. The Morgan fingerprint density at radius 3 is 2.70 bits per heavy atom. The zero-order valence-electron chi connectivity index (χ0n) is 13.2. The summed E-state index contributed by atoms with van der Waals surface area (Å²) in [5, 5.41) is 0. The van der Waals surface area contributed by atoms with Crippen molar-refractivity contribution in [3.8, 4) is 5.75 Å². The van der Waals surface area contributed by atoms with E-state index in [-0.39, 0.29) is 12.5 Å². The Balaban J connectivity index is 1.46. The van der Waals surface area contributed by atoms with Crippen molar-refractivity contribution in [2.75, 3.05) is 32.8 Å². The lowest BCUT2D eigenvalue weighted by Crippen LogP contribution is -2.37. The quantitative estimate of drug-likeness (QED) is 0.850. The van der Waals surface area contributed by atoms with Gasteiger partial charge in [0.1, 0.15) is 11.5 Å². The minimum Gasteiger partial charge on any atom is -0.484 e. The minimum atomic E-state index is 0.0497. The van der Waals surface area contributed by atoms with Crippen LogP contribution in [-0.2, 0) is 11.3 Å². The number of ether oxygens (including phenoxy) is 1. The lowest BCUT2D eigenvalue weighted by molar-refractivity contribution is -0.133. The van der Waals surface area contributed by atoms with Crippen LogP contribution in [0, 0.1) is 0 Å². The molecule has 0 N–H and O–H groups in total. The standard InChI is InChI=1S/C18H22N2O3/c21-18(15-23-16-6-2-1-3-7-16)20-10-5-9-19(11-12-20)14-17-8-4-13-22-17/h1-4,6-8,13H,5,9-12,14-15H2. The number of nitrogens with zero attached hydrogens (tertiary/aromatic N) is 2. The molecule has 1 amide bonds. The summed E-state index contributed by atoms with van der Waals surface area (Å²) >= 11 is 0. The average molecular weight is 314 g/mol. The molecule has 1 saturated heterocycles. The monoisotopic (exact) mass is 314 g/mol. The van der Waals surface area contributed by atoms with Crippen molar-refractivity contribution in [2.45, 2.75) is 13.0 Å². The van der Waals surface area contributed by atoms with Crippen molar-refractivity contribution < 1.29 is 13.9 Å². The summed E-state index contributed by atoms with van der Waals surface area (Å²) in [6, 6.07) is 13.3. The van der Waals surface area contributed by atoms with Gasteiger partial charge >= 0.3 is 0 Å². The number of benzene rings is 1. The van der Waals surface area contributed by atoms with Crippen LogP contribution in [0.5, 0.6) is 5.75 Å².